The van der Waals surface area contributed by atoms with Crippen LogP contribution < -0.4 is 10.6 Å². The summed E-state index contributed by atoms with van der Waals surface area (Å²) in [5.74, 6) is 0.564. The standard InChI is InChI=1S/C30H41N5O5/c1-20-16-22-17-23(11-12-26(22)40-20)31-30(33-28(37)21-8-7-9-24(18-21)39-2)32-25-10-3-4-15-35(29(25)38)19-27(36)34-13-5-6-14-34/h11-12,16-17,21,24-25H,3-10,13-15,18-19H2,1-2H3,(H2,31,32,33,37). The highest BCUT2D eigenvalue weighted by molar-refractivity contribution is 6.06. The number of likely N-dealkylation sites (tertiary alicyclic amines) is 2. The number of anilines is 1. The monoisotopic (exact) mass is 551 g/mol. The number of carbonyl (C=O) groups excluding carboxylic acids is 3. The number of carbonyl (C=O) groups is 3. The molecule has 0 spiro atoms. The zero-order valence-electron chi connectivity index (χ0n) is 23.6. The minimum absolute atomic E-state index is 0.00386. The third-order valence-corrected chi connectivity index (χ3v) is 8.30. The molecular formula is C30H41N5O5. The SMILES string of the molecule is COC1CCCC(C(=O)NC(=NC2CCCCN(CC(=O)N3CCCC3)C2=O)Nc2ccc3oc(C)cc3c2)C1. The van der Waals surface area contributed by atoms with Gasteiger partial charge in [-0.3, -0.25) is 19.7 Å². The van der Waals surface area contributed by atoms with E-state index >= 15 is 0 Å². The molecule has 10 heteroatoms. The quantitative estimate of drug-likeness (QED) is 0.416. The molecule has 10 nitrogen and oxygen atoms in total. The highest BCUT2D eigenvalue weighted by Crippen LogP contribution is 2.27. The Kier molecular flexibility index (Phi) is 9.04. The normalized spacial score (nSPS) is 24.3. The summed E-state index contributed by atoms with van der Waals surface area (Å²) < 4.78 is 11.2. The van der Waals surface area contributed by atoms with E-state index in [0.717, 1.165) is 80.5 Å². The molecule has 1 aliphatic carbocycles. The molecule has 3 unspecified atom stereocenters. The van der Waals surface area contributed by atoms with Gasteiger partial charge in [-0.25, -0.2) is 4.99 Å². The summed E-state index contributed by atoms with van der Waals surface area (Å²) in [5, 5.41) is 7.19. The van der Waals surface area contributed by atoms with Crippen molar-refractivity contribution in [3.63, 3.8) is 0 Å². The zero-order chi connectivity index (χ0) is 28.1. The number of aliphatic imine (C=N–C) groups is 1. The minimum Gasteiger partial charge on any atom is -0.461 e. The second-order valence-corrected chi connectivity index (χ2v) is 11.3. The molecular weight excluding hydrogens is 510 g/mol. The number of hydrogen-bond acceptors (Lipinski definition) is 6. The number of ether oxygens (including phenoxy) is 1. The Morgan fingerprint density at radius 2 is 1.85 bits per heavy atom. The fourth-order valence-electron chi connectivity index (χ4n) is 6.05. The molecule has 1 saturated carbocycles. The number of guanidine groups is 1. The van der Waals surface area contributed by atoms with Crippen LogP contribution >= 0.6 is 0 Å². The van der Waals surface area contributed by atoms with Crippen LogP contribution in [0.15, 0.2) is 33.7 Å². The van der Waals surface area contributed by atoms with Crippen LogP contribution in [-0.4, -0.2) is 78.9 Å². The number of fused-ring (bicyclic) bond motifs is 1. The van der Waals surface area contributed by atoms with Crippen molar-refractivity contribution in [2.45, 2.75) is 76.9 Å². The Morgan fingerprint density at radius 1 is 1.05 bits per heavy atom. The van der Waals surface area contributed by atoms with Crippen molar-refractivity contribution >= 4 is 40.3 Å². The van der Waals surface area contributed by atoms with Crippen molar-refractivity contribution in [3.05, 3.63) is 30.0 Å². The molecule has 1 aromatic carbocycles. The first kappa shape index (κ1) is 28.1. The van der Waals surface area contributed by atoms with Gasteiger partial charge in [0.2, 0.25) is 23.7 Å². The molecule has 1 aromatic heterocycles. The maximum Gasteiger partial charge on any atom is 0.247 e. The second-order valence-electron chi connectivity index (χ2n) is 11.3. The first-order chi connectivity index (χ1) is 19.4. The molecule has 0 radical (unpaired) electrons. The molecule has 2 aliphatic heterocycles. The van der Waals surface area contributed by atoms with Crippen LogP contribution in [0, 0.1) is 12.8 Å². The highest BCUT2D eigenvalue weighted by Gasteiger charge is 2.32. The Labute approximate surface area is 235 Å². The molecule has 3 heterocycles. The van der Waals surface area contributed by atoms with Gasteiger partial charge < -0.3 is 24.3 Å². The Bertz CT molecular complexity index is 1250. The van der Waals surface area contributed by atoms with Gasteiger partial charge in [-0.15, -0.1) is 0 Å². The molecule has 3 amide bonds. The van der Waals surface area contributed by atoms with Gasteiger partial charge in [0.25, 0.3) is 0 Å². The van der Waals surface area contributed by atoms with Gasteiger partial charge >= 0.3 is 0 Å². The lowest BCUT2D eigenvalue weighted by Gasteiger charge is -2.28. The van der Waals surface area contributed by atoms with Gasteiger partial charge in [-0.05, 0) is 82.6 Å². The van der Waals surface area contributed by atoms with E-state index in [-0.39, 0.29) is 42.2 Å². The summed E-state index contributed by atoms with van der Waals surface area (Å²) in [5.41, 5.74) is 1.50. The fourth-order valence-corrected chi connectivity index (χ4v) is 6.05. The second kappa shape index (κ2) is 12.8. The lowest BCUT2D eigenvalue weighted by atomic mass is 9.86. The number of methoxy groups -OCH3 is 1. The molecule has 2 saturated heterocycles. The lowest BCUT2D eigenvalue weighted by Crippen LogP contribution is -2.46. The summed E-state index contributed by atoms with van der Waals surface area (Å²) in [4.78, 5) is 48.1. The number of hydrogen-bond donors (Lipinski definition) is 2. The zero-order valence-corrected chi connectivity index (χ0v) is 23.6. The Morgan fingerprint density at radius 3 is 2.65 bits per heavy atom. The molecule has 5 rings (SSSR count). The summed E-state index contributed by atoms with van der Waals surface area (Å²) in [6.45, 7) is 4.03. The highest BCUT2D eigenvalue weighted by atomic mass is 16.5. The minimum atomic E-state index is -0.686. The predicted molar refractivity (Wildman–Crippen MR) is 153 cm³/mol. The van der Waals surface area contributed by atoms with Gasteiger partial charge in [-0.2, -0.15) is 0 Å². The van der Waals surface area contributed by atoms with Gasteiger partial charge in [0.1, 0.15) is 17.4 Å². The smallest absolute Gasteiger partial charge is 0.247 e. The summed E-state index contributed by atoms with van der Waals surface area (Å²) in [7, 11) is 1.69. The van der Waals surface area contributed by atoms with Crippen LogP contribution in [0.4, 0.5) is 5.69 Å². The summed E-state index contributed by atoms with van der Waals surface area (Å²) >= 11 is 0. The van der Waals surface area contributed by atoms with Gasteiger partial charge in [0.15, 0.2) is 0 Å². The van der Waals surface area contributed by atoms with Crippen LogP contribution in [0.3, 0.4) is 0 Å². The van der Waals surface area contributed by atoms with Gasteiger partial charge in [-0.1, -0.05) is 6.42 Å². The predicted octanol–water partition coefficient (Wildman–Crippen LogP) is 3.83. The van der Waals surface area contributed by atoms with Crippen molar-refractivity contribution < 1.29 is 23.5 Å². The van der Waals surface area contributed by atoms with Crippen LogP contribution in [0.25, 0.3) is 11.0 Å². The van der Waals surface area contributed by atoms with Crippen LogP contribution in [0.1, 0.15) is 63.5 Å². The molecule has 3 atom stereocenters. The molecule has 2 N–H and O–H groups in total. The molecule has 3 fully saturated rings. The average Bonchev–Trinajstić information content (AvgIpc) is 3.59. The number of furan rings is 1. The number of amides is 3. The van der Waals surface area contributed by atoms with E-state index in [0.29, 0.717) is 19.4 Å². The molecule has 0 bridgehead atoms. The molecule has 40 heavy (non-hydrogen) atoms. The first-order valence-electron chi connectivity index (χ1n) is 14.6. The van der Waals surface area contributed by atoms with E-state index in [9.17, 15) is 14.4 Å². The van der Waals surface area contributed by atoms with E-state index in [1.165, 1.54) is 0 Å². The maximum atomic E-state index is 13.6. The van der Waals surface area contributed by atoms with Crippen molar-refractivity contribution in [2.75, 3.05) is 38.6 Å². The van der Waals surface area contributed by atoms with Crippen molar-refractivity contribution in [2.24, 2.45) is 10.9 Å². The lowest BCUT2D eigenvalue weighted by molar-refractivity contribution is -0.140. The van der Waals surface area contributed by atoms with Crippen molar-refractivity contribution in [1.29, 1.82) is 0 Å². The summed E-state index contributed by atoms with van der Waals surface area (Å²) in [6, 6.07) is 6.94. The number of nitrogens with one attached hydrogen (secondary N) is 2. The molecule has 3 aliphatic rings. The number of benzene rings is 1. The van der Waals surface area contributed by atoms with Crippen LogP contribution in [0.2, 0.25) is 0 Å². The first-order valence-corrected chi connectivity index (χ1v) is 14.6. The summed E-state index contributed by atoms with van der Waals surface area (Å²) in [6.07, 6.45) is 7.59. The Balaban J connectivity index is 1.36. The molecule has 216 valence electrons. The van der Waals surface area contributed by atoms with E-state index in [4.69, 9.17) is 14.1 Å². The Hall–Kier alpha value is -3.40. The van der Waals surface area contributed by atoms with Crippen molar-refractivity contribution in [3.8, 4) is 0 Å². The fraction of sp³-hybridized carbons (Fsp3) is 0.600. The number of rotatable bonds is 6. The maximum absolute atomic E-state index is 13.6. The number of aryl methyl sites for hydroxylation is 1. The largest absolute Gasteiger partial charge is 0.461 e. The molecule has 2 aromatic rings. The van der Waals surface area contributed by atoms with Gasteiger partial charge in [0, 0.05) is 43.7 Å². The van der Waals surface area contributed by atoms with Crippen molar-refractivity contribution in [1.82, 2.24) is 15.1 Å². The van der Waals surface area contributed by atoms with E-state index in [2.05, 4.69) is 10.6 Å². The number of nitrogens with zero attached hydrogens (tertiary/aromatic N) is 3. The third kappa shape index (κ3) is 6.83. The van der Waals surface area contributed by atoms with E-state index in [1.54, 1.807) is 12.0 Å². The van der Waals surface area contributed by atoms with Gasteiger partial charge in [0.05, 0.1) is 12.6 Å². The van der Waals surface area contributed by atoms with Crippen LogP contribution in [0.5, 0.6) is 0 Å². The average molecular weight is 552 g/mol. The van der Waals surface area contributed by atoms with E-state index < -0.39 is 6.04 Å². The van der Waals surface area contributed by atoms with E-state index in [1.807, 2.05) is 36.1 Å². The third-order valence-electron chi connectivity index (χ3n) is 8.30. The van der Waals surface area contributed by atoms with Crippen LogP contribution in [-0.2, 0) is 19.1 Å². The topological polar surface area (TPSA) is 116 Å².